The second kappa shape index (κ2) is 4.58. The Hall–Kier alpha value is -2.37. The minimum Gasteiger partial charge on any atom is -0.219 e. The van der Waals surface area contributed by atoms with Gasteiger partial charge in [-0.2, -0.15) is 4.98 Å². The van der Waals surface area contributed by atoms with E-state index in [2.05, 4.69) is 15.1 Å². The van der Waals surface area contributed by atoms with Crippen molar-refractivity contribution in [3.8, 4) is 11.1 Å². The van der Waals surface area contributed by atoms with Crippen molar-refractivity contribution in [3.63, 3.8) is 0 Å². The summed E-state index contributed by atoms with van der Waals surface area (Å²) in [6, 6.07) is 3.31. The molecule has 2 aromatic heterocycles. The van der Waals surface area contributed by atoms with E-state index in [1.807, 2.05) is 20.8 Å². The van der Waals surface area contributed by atoms with Crippen LogP contribution in [-0.4, -0.2) is 19.6 Å². The molecule has 0 spiro atoms. The number of hydrogen-bond donors (Lipinski definition) is 0. The molecule has 0 aliphatic rings. The molecule has 0 unspecified atom stereocenters. The number of nitrogens with zero attached hydrogens (tertiary/aromatic N) is 4. The smallest absolute Gasteiger partial charge is 0.219 e. The zero-order valence-corrected chi connectivity index (χ0v) is 11.9. The van der Waals surface area contributed by atoms with Crippen LogP contribution in [0.25, 0.3) is 16.9 Å². The molecule has 0 atom stereocenters. The Morgan fingerprint density at radius 3 is 2.62 bits per heavy atom. The molecule has 3 aromatic rings. The van der Waals surface area contributed by atoms with Gasteiger partial charge in [-0.3, -0.25) is 0 Å². The monoisotopic (exact) mass is 288 g/mol. The van der Waals surface area contributed by atoms with Crippen molar-refractivity contribution in [1.82, 2.24) is 19.6 Å². The Labute approximate surface area is 120 Å². The summed E-state index contributed by atoms with van der Waals surface area (Å²) in [5.74, 6) is 0.0709. The van der Waals surface area contributed by atoms with Gasteiger partial charge >= 0.3 is 0 Å². The molecule has 0 saturated carbocycles. The lowest BCUT2D eigenvalue weighted by Gasteiger charge is -2.11. The summed E-state index contributed by atoms with van der Waals surface area (Å²) in [4.78, 5) is 8.49. The van der Waals surface area contributed by atoms with Gasteiger partial charge in [0.25, 0.3) is 5.78 Å². The Bertz CT molecular complexity index is 818. The Balaban J connectivity index is 2.15. The van der Waals surface area contributed by atoms with E-state index < -0.39 is 11.6 Å². The Morgan fingerprint density at radius 1 is 1.14 bits per heavy atom. The zero-order chi connectivity index (χ0) is 15.2. The molecule has 0 bridgehead atoms. The van der Waals surface area contributed by atoms with E-state index in [1.54, 1.807) is 6.20 Å². The number of halogens is 2. The molecule has 21 heavy (non-hydrogen) atoms. The highest BCUT2D eigenvalue weighted by molar-refractivity contribution is 5.63. The zero-order valence-electron chi connectivity index (χ0n) is 11.9. The van der Waals surface area contributed by atoms with Crippen LogP contribution in [0.3, 0.4) is 0 Å². The highest BCUT2D eigenvalue weighted by atomic mass is 19.1. The fraction of sp³-hybridized carbons (Fsp3) is 0.267. The second-order valence-electron chi connectivity index (χ2n) is 5.90. The van der Waals surface area contributed by atoms with E-state index in [9.17, 15) is 8.78 Å². The maximum absolute atomic E-state index is 13.8. The van der Waals surface area contributed by atoms with Crippen molar-refractivity contribution in [2.24, 2.45) is 0 Å². The third-order valence-corrected chi connectivity index (χ3v) is 3.10. The van der Waals surface area contributed by atoms with Gasteiger partial charge in [0, 0.05) is 28.9 Å². The molecule has 6 heteroatoms. The molecular weight excluding hydrogens is 274 g/mol. The molecule has 2 heterocycles. The standard InChI is InChI=1S/C15H14F2N4/c1-15(2,3)13-19-14-18-7-9(8-21(14)20-13)11-6-10(16)4-5-12(11)17/h4-8H,1-3H3. The van der Waals surface area contributed by atoms with E-state index >= 15 is 0 Å². The summed E-state index contributed by atoms with van der Waals surface area (Å²) in [5, 5.41) is 4.35. The minimum absolute atomic E-state index is 0.150. The van der Waals surface area contributed by atoms with Gasteiger partial charge in [-0.05, 0) is 18.2 Å². The van der Waals surface area contributed by atoms with Crippen LogP contribution in [0.2, 0.25) is 0 Å². The molecule has 0 aliphatic heterocycles. The first-order valence-electron chi connectivity index (χ1n) is 6.53. The van der Waals surface area contributed by atoms with E-state index in [0.717, 1.165) is 18.2 Å². The average molecular weight is 288 g/mol. The normalized spacial score (nSPS) is 12.0. The number of fused-ring (bicyclic) bond motifs is 1. The lowest BCUT2D eigenvalue weighted by Crippen LogP contribution is -2.13. The first kappa shape index (κ1) is 13.6. The molecule has 0 aliphatic carbocycles. The maximum Gasteiger partial charge on any atom is 0.252 e. The topological polar surface area (TPSA) is 43.1 Å². The molecule has 1 aromatic carbocycles. The fourth-order valence-corrected chi connectivity index (χ4v) is 1.96. The molecule has 0 saturated heterocycles. The van der Waals surface area contributed by atoms with Crippen LogP contribution in [0.15, 0.2) is 30.6 Å². The van der Waals surface area contributed by atoms with Crippen molar-refractivity contribution >= 4 is 5.78 Å². The Kier molecular flexibility index (Phi) is 2.97. The van der Waals surface area contributed by atoms with E-state index in [-0.39, 0.29) is 11.0 Å². The first-order valence-corrected chi connectivity index (χ1v) is 6.53. The number of rotatable bonds is 1. The first-order chi connectivity index (χ1) is 9.84. The van der Waals surface area contributed by atoms with Crippen LogP contribution >= 0.6 is 0 Å². The SMILES string of the molecule is CC(C)(C)c1nc2ncc(-c3cc(F)ccc3F)cn2n1. The van der Waals surface area contributed by atoms with E-state index in [1.165, 1.54) is 10.7 Å². The predicted octanol–water partition coefficient (Wildman–Crippen LogP) is 3.37. The van der Waals surface area contributed by atoms with Gasteiger partial charge in [0.2, 0.25) is 0 Å². The average Bonchev–Trinajstić information content (AvgIpc) is 2.84. The molecule has 3 rings (SSSR count). The highest BCUT2D eigenvalue weighted by Crippen LogP contribution is 2.24. The minimum atomic E-state index is -0.506. The summed E-state index contributed by atoms with van der Waals surface area (Å²) < 4.78 is 28.6. The third-order valence-electron chi connectivity index (χ3n) is 3.10. The van der Waals surface area contributed by atoms with Crippen molar-refractivity contribution in [3.05, 3.63) is 48.1 Å². The summed E-state index contributed by atoms with van der Waals surface area (Å²) in [6.45, 7) is 5.98. The van der Waals surface area contributed by atoms with Gasteiger partial charge in [-0.15, -0.1) is 5.10 Å². The predicted molar refractivity (Wildman–Crippen MR) is 74.8 cm³/mol. The van der Waals surface area contributed by atoms with Gasteiger partial charge in [-0.25, -0.2) is 18.3 Å². The molecule has 108 valence electrons. The molecular formula is C15H14F2N4. The largest absolute Gasteiger partial charge is 0.252 e. The van der Waals surface area contributed by atoms with Crippen LogP contribution in [-0.2, 0) is 5.41 Å². The summed E-state index contributed by atoms with van der Waals surface area (Å²) in [6.07, 6.45) is 3.07. The molecule has 4 nitrogen and oxygen atoms in total. The van der Waals surface area contributed by atoms with Crippen LogP contribution in [0.5, 0.6) is 0 Å². The third kappa shape index (κ3) is 2.49. The van der Waals surface area contributed by atoms with Gasteiger partial charge < -0.3 is 0 Å². The quantitative estimate of drug-likeness (QED) is 0.689. The van der Waals surface area contributed by atoms with E-state index in [0.29, 0.717) is 17.2 Å². The van der Waals surface area contributed by atoms with Crippen molar-refractivity contribution in [1.29, 1.82) is 0 Å². The number of benzene rings is 1. The number of hydrogen-bond acceptors (Lipinski definition) is 3. The second-order valence-corrected chi connectivity index (χ2v) is 5.90. The maximum atomic E-state index is 13.8. The molecule has 0 N–H and O–H groups in total. The fourth-order valence-electron chi connectivity index (χ4n) is 1.96. The molecule has 0 radical (unpaired) electrons. The van der Waals surface area contributed by atoms with Crippen molar-refractivity contribution < 1.29 is 8.78 Å². The summed E-state index contributed by atoms with van der Waals surface area (Å²) in [7, 11) is 0. The van der Waals surface area contributed by atoms with Crippen LogP contribution in [0, 0.1) is 11.6 Å². The van der Waals surface area contributed by atoms with Crippen LogP contribution in [0.4, 0.5) is 8.78 Å². The Morgan fingerprint density at radius 2 is 1.90 bits per heavy atom. The summed E-state index contributed by atoms with van der Waals surface area (Å²) >= 11 is 0. The highest BCUT2D eigenvalue weighted by Gasteiger charge is 2.20. The van der Waals surface area contributed by atoms with E-state index in [4.69, 9.17) is 0 Å². The molecule has 0 amide bonds. The van der Waals surface area contributed by atoms with Gasteiger partial charge in [0.05, 0.1) is 0 Å². The van der Waals surface area contributed by atoms with Crippen LogP contribution < -0.4 is 0 Å². The van der Waals surface area contributed by atoms with Gasteiger partial charge in [0.15, 0.2) is 5.82 Å². The number of aromatic nitrogens is 4. The van der Waals surface area contributed by atoms with Gasteiger partial charge in [0.1, 0.15) is 11.6 Å². The molecule has 0 fully saturated rings. The lowest BCUT2D eigenvalue weighted by atomic mass is 9.96. The van der Waals surface area contributed by atoms with Crippen molar-refractivity contribution in [2.75, 3.05) is 0 Å². The van der Waals surface area contributed by atoms with Crippen molar-refractivity contribution in [2.45, 2.75) is 26.2 Å². The summed E-state index contributed by atoms with van der Waals surface area (Å²) in [5.41, 5.74) is 0.389. The lowest BCUT2D eigenvalue weighted by molar-refractivity contribution is 0.545. The van der Waals surface area contributed by atoms with Gasteiger partial charge in [-0.1, -0.05) is 20.8 Å². The van der Waals surface area contributed by atoms with Crippen LogP contribution in [0.1, 0.15) is 26.6 Å².